The fourth-order valence-electron chi connectivity index (χ4n) is 3.34. The highest BCUT2D eigenvalue weighted by Crippen LogP contribution is 2.21. The Morgan fingerprint density at radius 1 is 1.07 bits per heavy atom. The number of carbonyl (C=O) groups is 3. The lowest BCUT2D eigenvalue weighted by Crippen LogP contribution is -2.46. The maximum atomic E-state index is 12.9. The van der Waals surface area contributed by atoms with Gasteiger partial charge in [0.05, 0.1) is 0 Å². The van der Waals surface area contributed by atoms with Crippen LogP contribution in [0.3, 0.4) is 0 Å². The van der Waals surface area contributed by atoms with Crippen LogP contribution in [-0.2, 0) is 4.79 Å². The molecule has 1 unspecified atom stereocenters. The quantitative estimate of drug-likeness (QED) is 0.743. The zero-order valence-corrected chi connectivity index (χ0v) is 16.5. The number of rotatable bonds is 6. The fraction of sp³-hybridized carbons (Fsp3) is 0.261. The van der Waals surface area contributed by atoms with Crippen LogP contribution < -0.4 is 10.6 Å². The zero-order valence-electron chi connectivity index (χ0n) is 16.5. The Morgan fingerprint density at radius 2 is 1.72 bits per heavy atom. The minimum Gasteiger partial charge on any atom is -0.351 e. The predicted molar refractivity (Wildman–Crippen MR) is 113 cm³/mol. The molecule has 1 aliphatic rings. The van der Waals surface area contributed by atoms with E-state index < -0.39 is 6.04 Å². The van der Waals surface area contributed by atoms with Gasteiger partial charge in [-0.25, -0.2) is 0 Å². The summed E-state index contributed by atoms with van der Waals surface area (Å²) >= 11 is 0. The number of hydrogen-bond acceptors (Lipinski definition) is 3. The summed E-state index contributed by atoms with van der Waals surface area (Å²) in [6.07, 6.45) is 3.06. The van der Waals surface area contributed by atoms with Gasteiger partial charge in [0.15, 0.2) is 0 Å². The fourth-order valence-corrected chi connectivity index (χ4v) is 3.34. The Hall–Kier alpha value is -3.41. The molecule has 0 radical (unpaired) electrons. The van der Waals surface area contributed by atoms with Crippen molar-refractivity contribution in [1.29, 1.82) is 0 Å². The second-order valence-electron chi connectivity index (χ2n) is 7.09. The summed E-state index contributed by atoms with van der Waals surface area (Å²) in [4.78, 5) is 39.1. The molecule has 0 saturated carbocycles. The van der Waals surface area contributed by atoms with E-state index in [-0.39, 0.29) is 17.7 Å². The van der Waals surface area contributed by atoms with Gasteiger partial charge in [0, 0.05) is 29.9 Å². The molecule has 2 N–H and O–H groups in total. The number of nitrogens with one attached hydrogen (secondary N) is 2. The summed E-state index contributed by atoms with van der Waals surface area (Å²) in [5, 5.41) is 5.59. The van der Waals surface area contributed by atoms with Gasteiger partial charge >= 0.3 is 0 Å². The monoisotopic (exact) mass is 391 g/mol. The normalized spacial score (nSPS) is 15.6. The van der Waals surface area contributed by atoms with E-state index in [4.69, 9.17) is 0 Å². The second kappa shape index (κ2) is 9.19. The molecule has 1 atom stereocenters. The van der Waals surface area contributed by atoms with Crippen molar-refractivity contribution in [3.8, 4) is 0 Å². The molecule has 150 valence electrons. The number of amides is 3. The standard InChI is InChI=1S/C23H25N3O3/c1-3-14-24-22(28)20-5-4-15-26(20)23(29)18-10-12-19(13-11-18)25-21(27)17-8-6-16(2)7-9-17/h3,6-13,20H,1,4-5,14-15H2,2H3,(H,24,28)(H,25,27). The summed E-state index contributed by atoms with van der Waals surface area (Å²) in [5.74, 6) is -0.544. The number of anilines is 1. The third-order valence-corrected chi connectivity index (χ3v) is 4.94. The van der Waals surface area contributed by atoms with Crippen LogP contribution in [0.2, 0.25) is 0 Å². The molecule has 6 heteroatoms. The molecule has 2 aromatic rings. The predicted octanol–water partition coefficient (Wildman–Crippen LogP) is 3.15. The van der Waals surface area contributed by atoms with Crippen LogP contribution in [0.15, 0.2) is 61.2 Å². The molecule has 0 aliphatic carbocycles. The van der Waals surface area contributed by atoms with E-state index in [0.29, 0.717) is 36.3 Å². The molecular weight excluding hydrogens is 366 g/mol. The first-order valence-electron chi connectivity index (χ1n) is 9.67. The van der Waals surface area contributed by atoms with Gasteiger partial charge in [0.1, 0.15) is 6.04 Å². The molecule has 0 aromatic heterocycles. The lowest BCUT2D eigenvalue weighted by atomic mass is 10.1. The van der Waals surface area contributed by atoms with Gasteiger partial charge in [0.25, 0.3) is 11.8 Å². The minimum atomic E-state index is -0.455. The Kier molecular flexibility index (Phi) is 6.44. The average molecular weight is 391 g/mol. The molecule has 3 amide bonds. The summed E-state index contributed by atoms with van der Waals surface area (Å²) < 4.78 is 0. The lowest BCUT2D eigenvalue weighted by molar-refractivity contribution is -0.124. The largest absolute Gasteiger partial charge is 0.351 e. The van der Waals surface area contributed by atoms with Crippen LogP contribution in [0.25, 0.3) is 0 Å². The molecule has 1 aliphatic heterocycles. The van der Waals surface area contributed by atoms with Crippen LogP contribution in [0, 0.1) is 6.92 Å². The van der Waals surface area contributed by atoms with Gasteiger partial charge in [-0.2, -0.15) is 0 Å². The SMILES string of the molecule is C=CCNC(=O)C1CCCN1C(=O)c1ccc(NC(=O)c2ccc(C)cc2)cc1. The van der Waals surface area contributed by atoms with Gasteiger partial charge in [-0.1, -0.05) is 23.8 Å². The summed E-state index contributed by atoms with van der Waals surface area (Å²) in [7, 11) is 0. The molecule has 1 fully saturated rings. The highest BCUT2D eigenvalue weighted by molar-refractivity contribution is 6.04. The molecule has 3 rings (SSSR count). The van der Waals surface area contributed by atoms with Crippen molar-refractivity contribution in [1.82, 2.24) is 10.2 Å². The number of carbonyl (C=O) groups excluding carboxylic acids is 3. The van der Waals surface area contributed by atoms with Crippen LogP contribution in [-0.4, -0.2) is 41.8 Å². The van der Waals surface area contributed by atoms with Gasteiger partial charge in [0.2, 0.25) is 5.91 Å². The molecule has 0 spiro atoms. The maximum absolute atomic E-state index is 12.9. The molecular formula is C23H25N3O3. The molecule has 29 heavy (non-hydrogen) atoms. The third-order valence-electron chi connectivity index (χ3n) is 4.94. The van der Waals surface area contributed by atoms with Crippen LogP contribution >= 0.6 is 0 Å². The molecule has 1 heterocycles. The average Bonchev–Trinajstić information content (AvgIpc) is 3.22. The number of benzene rings is 2. The van der Waals surface area contributed by atoms with Gasteiger partial charge in [-0.15, -0.1) is 6.58 Å². The molecule has 1 saturated heterocycles. The summed E-state index contributed by atoms with van der Waals surface area (Å²) in [6.45, 7) is 6.49. The third kappa shape index (κ3) is 4.90. The number of likely N-dealkylation sites (tertiary alicyclic amines) is 1. The van der Waals surface area contributed by atoms with E-state index in [2.05, 4.69) is 17.2 Å². The van der Waals surface area contributed by atoms with E-state index >= 15 is 0 Å². The van der Waals surface area contributed by atoms with Crippen molar-refractivity contribution in [3.05, 3.63) is 77.9 Å². The van der Waals surface area contributed by atoms with Crippen molar-refractivity contribution in [2.45, 2.75) is 25.8 Å². The van der Waals surface area contributed by atoms with Crippen LogP contribution in [0.1, 0.15) is 39.1 Å². The Labute approximate surface area is 170 Å². The molecule has 0 bridgehead atoms. The van der Waals surface area contributed by atoms with Gasteiger partial charge < -0.3 is 15.5 Å². The first-order chi connectivity index (χ1) is 14.0. The molecule has 6 nitrogen and oxygen atoms in total. The van der Waals surface area contributed by atoms with E-state index in [1.54, 1.807) is 47.4 Å². The Balaban J connectivity index is 1.65. The zero-order chi connectivity index (χ0) is 20.8. The van der Waals surface area contributed by atoms with E-state index in [1.807, 2.05) is 19.1 Å². The van der Waals surface area contributed by atoms with Crippen molar-refractivity contribution >= 4 is 23.4 Å². The van der Waals surface area contributed by atoms with Crippen molar-refractivity contribution in [2.75, 3.05) is 18.4 Å². The summed E-state index contributed by atoms with van der Waals surface area (Å²) in [6, 6.07) is 13.6. The number of aryl methyl sites for hydroxylation is 1. The highest BCUT2D eigenvalue weighted by Gasteiger charge is 2.34. The Morgan fingerprint density at radius 3 is 2.38 bits per heavy atom. The highest BCUT2D eigenvalue weighted by atomic mass is 16.2. The first kappa shape index (κ1) is 20.3. The van der Waals surface area contributed by atoms with E-state index in [9.17, 15) is 14.4 Å². The van der Waals surface area contributed by atoms with Crippen molar-refractivity contribution < 1.29 is 14.4 Å². The second-order valence-corrected chi connectivity index (χ2v) is 7.09. The lowest BCUT2D eigenvalue weighted by Gasteiger charge is -2.24. The first-order valence-corrected chi connectivity index (χ1v) is 9.67. The smallest absolute Gasteiger partial charge is 0.255 e. The number of hydrogen-bond donors (Lipinski definition) is 2. The van der Waals surface area contributed by atoms with Crippen molar-refractivity contribution in [3.63, 3.8) is 0 Å². The Bertz CT molecular complexity index is 904. The van der Waals surface area contributed by atoms with E-state index in [1.165, 1.54) is 0 Å². The van der Waals surface area contributed by atoms with E-state index in [0.717, 1.165) is 12.0 Å². The van der Waals surface area contributed by atoms with Gasteiger partial charge in [-0.3, -0.25) is 14.4 Å². The molecule has 2 aromatic carbocycles. The van der Waals surface area contributed by atoms with Crippen molar-refractivity contribution in [2.24, 2.45) is 0 Å². The number of nitrogens with zero attached hydrogens (tertiary/aromatic N) is 1. The van der Waals surface area contributed by atoms with Crippen LogP contribution in [0.5, 0.6) is 0 Å². The van der Waals surface area contributed by atoms with Crippen LogP contribution in [0.4, 0.5) is 5.69 Å². The summed E-state index contributed by atoms with van der Waals surface area (Å²) in [5.41, 5.74) is 2.75. The topological polar surface area (TPSA) is 78.5 Å². The maximum Gasteiger partial charge on any atom is 0.255 e. The minimum absolute atomic E-state index is 0.155. The van der Waals surface area contributed by atoms with Gasteiger partial charge in [-0.05, 0) is 56.2 Å².